The van der Waals surface area contributed by atoms with Crippen molar-refractivity contribution in [2.24, 2.45) is 0 Å². The van der Waals surface area contributed by atoms with Gasteiger partial charge in [0.15, 0.2) is 0 Å². The average Bonchev–Trinajstić information content (AvgIpc) is 2.19. The van der Waals surface area contributed by atoms with Gasteiger partial charge in [0, 0.05) is 20.2 Å². The molecular weight excluding hydrogens is 178 g/mol. The molecule has 0 amide bonds. The Bertz CT molecular complexity index is 188. The van der Waals surface area contributed by atoms with Crippen LogP contribution in [0.25, 0.3) is 0 Å². The van der Waals surface area contributed by atoms with Gasteiger partial charge in [0.05, 0.1) is 17.8 Å². The highest BCUT2D eigenvalue weighted by molar-refractivity contribution is 4.92. The molecule has 2 fully saturated rings. The van der Waals surface area contributed by atoms with Gasteiger partial charge in [-0.1, -0.05) is 0 Å². The van der Waals surface area contributed by atoms with Crippen LogP contribution in [0.15, 0.2) is 0 Å². The van der Waals surface area contributed by atoms with Crippen molar-refractivity contribution in [1.82, 2.24) is 5.32 Å². The smallest absolute Gasteiger partial charge is 0.0812 e. The molecule has 1 heterocycles. The Morgan fingerprint density at radius 3 is 2.64 bits per heavy atom. The Labute approximate surface area is 86.2 Å². The van der Waals surface area contributed by atoms with E-state index in [1.165, 1.54) is 0 Å². The molecule has 1 saturated heterocycles. The third-order valence-electron chi connectivity index (χ3n) is 3.51. The van der Waals surface area contributed by atoms with Crippen molar-refractivity contribution >= 4 is 0 Å². The van der Waals surface area contributed by atoms with E-state index in [0.29, 0.717) is 12.2 Å². The number of ether oxygens (including phenoxy) is 2. The summed E-state index contributed by atoms with van der Waals surface area (Å²) in [6.45, 7) is 4.17. The van der Waals surface area contributed by atoms with Crippen molar-refractivity contribution < 1.29 is 9.47 Å². The van der Waals surface area contributed by atoms with Crippen LogP contribution in [0.1, 0.15) is 32.6 Å². The van der Waals surface area contributed by atoms with Gasteiger partial charge in [0.1, 0.15) is 0 Å². The van der Waals surface area contributed by atoms with Crippen molar-refractivity contribution in [3.8, 4) is 0 Å². The minimum atomic E-state index is 0.118. The van der Waals surface area contributed by atoms with E-state index in [-0.39, 0.29) is 5.60 Å². The molecule has 1 saturated carbocycles. The van der Waals surface area contributed by atoms with Gasteiger partial charge < -0.3 is 14.8 Å². The molecule has 1 spiro atoms. The molecular formula is C11H21NO2. The lowest BCUT2D eigenvalue weighted by molar-refractivity contribution is -0.141. The van der Waals surface area contributed by atoms with Crippen molar-refractivity contribution in [2.45, 2.75) is 50.4 Å². The third-order valence-corrected chi connectivity index (χ3v) is 3.51. The Morgan fingerprint density at radius 2 is 2.07 bits per heavy atom. The lowest BCUT2D eigenvalue weighted by Gasteiger charge is -2.44. The van der Waals surface area contributed by atoms with Crippen LogP contribution >= 0.6 is 0 Å². The summed E-state index contributed by atoms with van der Waals surface area (Å²) in [5.41, 5.74) is 0.118. The predicted octanol–water partition coefficient (Wildman–Crippen LogP) is 1.32. The molecule has 82 valence electrons. The lowest BCUT2D eigenvalue weighted by atomic mass is 9.82. The zero-order chi connectivity index (χ0) is 10.0. The Hall–Kier alpha value is -0.120. The molecule has 0 aromatic rings. The molecule has 3 heteroatoms. The summed E-state index contributed by atoms with van der Waals surface area (Å²) in [5, 5.41) is 3.46. The first-order chi connectivity index (χ1) is 6.74. The standard InChI is InChI=1S/C11H21NO2/c1-9-7-12-8-11(14-9)5-3-10(13-2)4-6-11/h9-10,12H,3-8H2,1-2H3. The summed E-state index contributed by atoms with van der Waals surface area (Å²) >= 11 is 0. The number of rotatable bonds is 1. The summed E-state index contributed by atoms with van der Waals surface area (Å²) in [7, 11) is 1.81. The molecule has 2 rings (SSSR count). The van der Waals surface area contributed by atoms with E-state index in [1.807, 2.05) is 7.11 Å². The van der Waals surface area contributed by atoms with Crippen molar-refractivity contribution in [2.75, 3.05) is 20.2 Å². The first-order valence-corrected chi connectivity index (χ1v) is 5.65. The number of nitrogens with one attached hydrogen (secondary N) is 1. The molecule has 0 bridgehead atoms. The quantitative estimate of drug-likeness (QED) is 0.691. The lowest BCUT2D eigenvalue weighted by Crippen LogP contribution is -2.55. The van der Waals surface area contributed by atoms with Crippen LogP contribution in [0.3, 0.4) is 0 Å². The van der Waals surface area contributed by atoms with Crippen molar-refractivity contribution in [1.29, 1.82) is 0 Å². The fourth-order valence-electron chi connectivity index (χ4n) is 2.66. The van der Waals surface area contributed by atoms with Gasteiger partial charge in [-0.3, -0.25) is 0 Å². The van der Waals surface area contributed by atoms with Gasteiger partial charge in [-0.2, -0.15) is 0 Å². The van der Waals surface area contributed by atoms with Gasteiger partial charge in [0.2, 0.25) is 0 Å². The average molecular weight is 199 g/mol. The molecule has 1 aliphatic heterocycles. The highest BCUT2D eigenvalue weighted by atomic mass is 16.5. The number of hydrogen-bond donors (Lipinski definition) is 1. The topological polar surface area (TPSA) is 30.5 Å². The predicted molar refractivity (Wildman–Crippen MR) is 55.4 cm³/mol. The molecule has 1 aliphatic carbocycles. The summed E-state index contributed by atoms with van der Waals surface area (Å²) in [6.07, 6.45) is 5.39. The molecule has 1 N–H and O–H groups in total. The molecule has 1 unspecified atom stereocenters. The number of hydrogen-bond acceptors (Lipinski definition) is 3. The highest BCUT2D eigenvalue weighted by Crippen LogP contribution is 2.34. The van der Waals surface area contributed by atoms with Gasteiger partial charge in [-0.25, -0.2) is 0 Å². The van der Waals surface area contributed by atoms with Crippen molar-refractivity contribution in [3.05, 3.63) is 0 Å². The van der Waals surface area contributed by atoms with Crippen LogP contribution in [0.2, 0.25) is 0 Å². The first kappa shape index (κ1) is 10.4. The van der Waals surface area contributed by atoms with Gasteiger partial charge >= 0.3 is 0 Å². The van der Waals surface area contributed by atoms with Crippen LogP contribution in [-0.4, -0.2) is 38.0 Å². The molecule has 14 heavy (non-hydrogen) atoms. The molecule has 3 nitrogen and oxygen atoms in total. The second-order valence-electron chi connectivity index (χ2n) is 4.68. The summed E-state index contributed by atoms with van der Waals surface area (Å²) < 4.78 is 11.5. The summed E-state index contributed by atoms with van der Waals surface area (Å²) in [5.74, 6) is 0. The molecule has 2 aliphatic rings. The summed E-state index contributed by atoms with van der Waals surface area (Å²) in [6, 6.07) is 0. The highest BCUT2D eigenvalue weighted by Gasteiger charge is 2.39. The molecule has 1 atom stereocenters. The second kappa shape index (κ2) is 4.17. The van der Waals surface area contributed by atoms with E-state index < -0.39 is 0 Å². The minimum absolute atomic E-state index is 0.118. The maximum absolute atomic E-state index is 6.09. The van der Waals surface area contributed by atoms with Gasteiger partial charge in [-0.15, -0.1) is 0 Å². The normalized spacial score (nSPS) is 44.1. The Kier molecular flexibility index (Phi) is 3.10. The fourth-order valence-corrected chi connectivity index (χ4v) is 2.66. The number of morpholine rings is 1. The third kappa shape index (κ3) is 2.10. The first-order valence-electron chi connectivity index (χ1n) is 5.65. The van der Waals surface area contributed by atoms with E-state index in [0.717, 1.165) is 38.8 Å². The zero-order valence-electron chi connectivity index (χ0n) is 9.21. The van der Waals surface area contributed by atoms with E-state index in [1.54, 1.807) is 0 Å². The SMILES string of the molecule is COC1CCC2(CC1)CNCC(C)O2. The fraction of sp³-hybridized carbons (Fsp3) is 1.00. The van der Waals surface area contributed by atoms with Crippen LogP contribution in [0, 0.1) is 0 Å². The maximum atomic E-state index is 6.09. The minimum Gasteiger partial charge on any atom is -0.381 e. The molecule has 0 aromatic heterocycles. The van der Waals surface area contributed by atoms with Crippen LogP contribution in [0.5, 0.6) is 0 Å². The van der Waals surface area contributed by atoms with Crippen LogP contribution in [0.4, 0.5) is 0 Å². The second-order valence-corrected chi connectivity index (χ2v) is 4.68. The van der Waals surface area contributed by atoms with Crippen LogP contribution < -0.4 is 5.32 Å². The molecule has 0 aromatic carbocycles. The van der Waals surface area contributed by atoms with Gasteiger partial charge in [-0.05, 0) is 32.6 Å². The maximum Gasteiger partial charge on any atom is 0.0812 e. The van der Waals surface area contributed by atoms with E-state index >= 15 is 0 Å². The monoisotopic (exact) mass is 199 g/mol. The molecule has 0 radical (unpaired) electrons. The zero-order valence-corrected chi connectivity index (χ0v) is 9.21. The Balaban J connectivity index is 1.91. The number of methoxy groups -OCH3 is 1. The Morgan fingerprint density at radius 1 is 1.36 bits per heavy atom. The van der Waals surface area contributed by atoms with Gasteiger partial charge in [0.25, 0.3) is 0 Å². The van der Waals surface area contributed by atoms with E-state index in [4.69, 9.17) is 9.47 Å². The van der Waals surface area contributed by atoms with E-state index in [2.05, 4.69) is 12.2 Å². The largest absolute Gasteiger partial charge is 0.381 e. The van der Waals surface area contributed by atoms with Crippen molar-refractivity contribution in [3.63, 3.8) is 0 Å². The van der Waals surface area contributed by atoms with Crippen LogP contribution in [-0.2, 0) is 9.47 Å². The van der Waals surface area contributed by atoms with E-state index in [9.17, 15) is 0 Å². The summed E-state index contributed by atoms with van der Waals surface area (Å²) in [4.78, 5) is 0.